The van der Waals surface area contributed by atoms with E-state index >= 15 is 0 Å². The van der Waals surface area contributed by atoms with Crippen LogP contribution in [0, 0.1) is 0 Å². The van der Waals surface area contributed by atoms with Crippen molar-refractivity contribution in [1.82, 2.24) is 33.6 Å². The van der Waals surface area contributed by atoms with Gasteiger partial charge in [-0.1, -0.05) is 146 Å². The van der Waals surface area contributed by atoms with Gasteiger partial charge in [0.05, 0.1) is 33.1 Å². The lowest BCUT2D eigenvalue weighted by atomic mass is 9.98. The van der Waals surface area contributed by atoms with Crippen molar-refractivity contribution in [1.29, 1.82) is 0 Å². The van der Waals surface area contributed by atoms with E-state index in [4.69, 9.17) is 15.0 Å². The highest BCUT2D eigenvalue weighted by Gasteiger charge is 2.27. The largest absolute Gasteiger partial charge is 0.355 e. The summed E-state index contributed by atoms with van der Waals surface area (Å²) in [6.45, 7) is 0. The molecule has 4 heterocycles. The van der Waals surface area contributed by atoms with Crippen molar-refractivity contribution in [3.8, 4) is 51.2 Å². The minimum Gasteiger partial charge on any atom is -0.355 e. The van der Waals surface area contributed by atoms with Crippen LogP contribution in [0.2, 0.25) is 0 Å². The average Bonchev–Trinajstić information content (AvgIpc) is 4.15. The van der Waals surface area contributed by atoms with Crippen LogP contribution >= 0.6 is 0 Å². The van der Waals surface area contributed by atoms with E-state index in [1.807, 2.05) is 36.4 Å². The topological polar surface area (TPSA) is 69.2 Å². The maximum absolute atomic E-state index is 5.43. The number of benzene rings is 9. The highest BCUT2D eigenvalue weighted by atomic mass is 15.1. The molecule has 13 rings (SSSR count). The Balaban J connectivity index is 0.000000283. The van der Waals surface area contributed by atoms with Crippen molar-refractivity contribution >= 4 is 54.9 Å². The van der Waals surface area contributed by atoms with E-state index in [2.05, 4.69) is 213 Å². The Morgan fingerprint density at radius 1 is 0.281 bits per heavy atom. The van der Waals surface area contributed by atoms with Gasteiger partial charge in [-0.15, -0.1) is 0 Å². The minimum absolute atomic E-state index is 0.811. The summed E-state index contributed by atoms with van der Waals surface area (Å²) in [6, 6.07) is 79.6. The van der Waals surface area contributed by atoms with Crippen LogP contribution in [0.25, 0.3) is 106 Å². The molecule has 0 unspecified atom stereocenters. The number of aromatic nitrogens is 7. The third-order valence-corrected chi connectivity index (χ3v) is 11.9. The third kappa shape index (κ3) is 6.26. The smallest absolute Gasteiger partial charge is 0.147 e. The summed E-state index contributed by atoms with van der Waals surface area (Å²) in [7, 11) is 0. The van der Waals surface area contributed by atoms with Gasteiger partial charge < -0.3 is 4.98 Å². The highest BCUT2D eigenvalue weighted by molar-refractivity contribution is 6.07. The van der Waals surface area contributed by atoms with Gasteiger partial charge in [-0.2, -0.15) is 0 Å². The number of H-pyrrole nitrogens is 1. The standard InChI is InChI=1S/C45H30N6.C12H9N/c1-4-17-31(18-5-1)49-39-28-13-10-25-36(39)46-43(49)34-23-16-24-35(44-47-37-26-11-14-29-40(37)50(44)32-19-6-2-7-20-32)42(34)45-48-38-27-12-15-30-41(38)51(45)33-21-8-3-9-22-33;1-3-7-11-9(5-1)10-6-2-4-8-12(10)13-11/h1-30H;1-8,13H. The summed E-state index contributed by atoms with van der Waals surface area (Å²) in [5.74, 6) is 2.47. The van der Waals surface area contributed by atoms with Crippen molar-refractivity contribution in [2.24, 2.45) is 0 Å². The SMILES string of the molecule is c1ccc(-n2c(-c3cccc(-c4nc5ccccc5n4-c4ccccc4)c3-c3nc4ccccc4n3-c3ccccc3)nc3ccccc32)cc1.c1ccc2c(c1)[nH]c1ccccc12. The maximum Gasteiger partial charge on any atom is 0.147 e. The molecule has 0 bridgehead atoms. The zero-order valence-corrected chi connectivity index (χ0v) is 34.6. The van der Waals surface area contributed by atoms with Gasteiger partial charge in [0.1, 0.15) is 17.5 Å². The molecule has 0 spiro atoms. The first-order chi connectivity index (χ1) is 31.8. The van der Waals surface area contributed by atoms with E-state index < -0.39 is 0 Å². The summed E-state index contributed by atoms with van der Waals surface area (Å²) in [5.41, 5.74) is 14.2. The predicted molar refractivity (Wildman–Crippen MR) is 262 cm³/mol. The van der Waals surface area contributed by atoms with Crippen LogP contribution in [0.3, 0.4) is 0 Å². The number of hydrogen-bond acceptors (Lipinski definition) is 3. The highest BCUT2D eigenvalue weighted by Crippen LogP contribution is 2.44. The fourth-order valence-corrected chi connectivity index (χ4v) is 9.09. The van der Waals surface area contributed by atoms with E-state index in [1.165, 1.54) is 21.8 Å². The molecule has 1 N–H and O–H groups in total. The summed E-state index contributed by atoms with van der Waals surface area (Å²) in [4.78, 5) is 19.5. The van der Waals surface area contributed by atoms with E-state index in [9.17, 15) is 0 Å². The molecule has 9 aromatic carbocycles. The van der Waals surface area contributed by atoms with Crippen LogP contribution in [-0.4, -0.2) is 33.6 Å². The molecule has 4 aromatic heterocycles. The van der Waals surface area contributed by atoms with Crippen molar-refractivity contribution in [3.05, 3.63) is 231 Å². The Bertz CT molecular complexity index is 3600. The van der Waals surface area contributed by atoms with Gasteiger partial charge >= 0.3 is 0 Å². The Morgan fingerprint density at radius 3 is 1.03 bits per heavy atom. The van der Waals surface area contributed by atoms with Gasteiger partial charge in [-0.3, -0.25) is 13.7 Å². The Hall–Kier alpha value is -8.81. The molecule has 0 atom stereocenters. The van der Waals surface area contributed by atoms with E-state index in [0.717, 1.165) is 84.3 Å². The Labute approximate surface area is 368 Å². The molecule has 0 amide bonds. The molecular formula is C57H39N7. The normalized spacial score (nSPS) is 11.4. The molecule has 7 nitrogen and oxygen atoms in total. The molecule has 13 aromatic rings. The molecule has 0 aliphatic carbocycles. The second-order valence-corrected chi connectivity index (χ2v) is 15.7. The van der Waals surface area contributed by atoms with Crippen molar-refractivity contribution in [3.63, 3.8) is 0 Å². The lowest BCUT2D eigenvalue weighted by molar-refractivity contribution is 1.07. The van der Waals surface area contributed by atoms with Gasteiger partial charge in [0.2, 0.25) is 0 Å². The fourth-order valence-electron chi connectivity index (χ4n) is 9.09. The number of imidazole rings is 3. The first kappa shape index (κ1) is 37.0. The molecule has 7 heteroatoms. The lowest BCUT2D eigenvalue weighted by Gasteiger charge is -2.19. The molecule has 0 radical (unpaired) electrons. The molecule has 0 saturated heterocycles. The van der Waals surface area contributed by atoms with Crippen molar-refractivity contribution < 1.29 is 0 Å². The Morgan fingerprint density at radius 2 is 0.609 bits per heavy atom. The predicted octanol–water partition coefficient (Wildman–Crippen LogP) is 14.0. The first-order valence-corrected chi connectivity index (χ1v) is 21.5. The summed E-state index contributed by atoms with van der Waals surface area (Å²) < 4.78 is 6.78. The molecule has 0 aliphatic heterocycles. The summed E-state index contributed by atoms with van der Waals surface area (Å²) in [5, 5.41) is 2.61. The monoisotopic (exact) mass is 821 g/mol. The van der Waals surface area contributed by atoms with E-state index in [1.54, 1.807) is 0 Å². The maximum atomic E-state index is 5.43. The van der Waals surface area contributed by atoms with Crippen molar-refractivity contribution in [2.75, 3.05) is 0 Å². The second kappa shape index (κ2) is 15.6. The van der Waals surface area contributed by atoms with Gasteiger partial charge in [0.25, 0.3) is 0 Å². The summed E-state index contributed by atoms with van der Waals surface area (Å²) >= 11 is 0. The molecule has 0 aliphatic rings. The fraction of sp³-hybridized carbons (Fsp3) is 0. The first-order valence-electron chi connectivity index (χ1n) is 21.5. The number of hydrogen-bond donors (Lipinski definition) is 1. The molecular weight excluding hydrogens is 783 g/mol. The van der Waals surface area contributed by atoms with Crippen LogP contribution in [0.4, 0.5) is 0 Å². The summed E-state index contributed by atoms with van der Waals surface area (Å²) in [6.07, 6.45) is 0. The lowest BCUT2D eigenvalue weighted by Crippen LogP contribution is -2.05. The van der Waals surface area contributed by atoms with Gasteiger partial charge in [0, 0.05) is 55.6 Å². The van der Waals surface area contributed by atoms with Gasteiger partial charge in [-0.05, 0) is 84.9 Å². The molecule has 0 saturated carbocycles. The zero-order valence-electron chi connectivity index (χ0n) is 34.6. The van der Waals surface area contributed by atoms with Crippen LogP contribution in [0.15, 0.2) is 231 Å². The van der Waals surface area contributed by atoms with Gasteiger partial charge in [-0.25, -0.2) is 15.0 Å². The number of nitrogens with one attached hydrogen (secondary N) is 1. The Kier molecular flexibility index (Phi) is 9.01. The van der Waals surface area contributed by atoms with Crippen LogP contribution < -0.4 is 0 Å². The number of para-hydroxylation sites is 11. The third-order valence-electron chi connectivity index (χ3n) is 11.9. The second-order valence-electron chi connectivity index (χ2n) is 15.7. The molecule has 64 heavy (non-hydrogen) atoms. The average molecular weight is 822 g/mol. The molecule has 0 fully saturated rings. The number of nitrogens with zero attached hydrogens (tertiary/aromatic N) is 6. The van der Waals surface area contributed by atoms with Crippen LogP contribution in [0.1, 0.15) is 0 Å². The van der Waals surface area contributed by atoms with Crippen LogP contribution in [0.5, 0.6) is 0 Å². The number of rotatable bonds is 6. The van der Waals surface area contributed by atoms with E-state index in [-0.39, 0.29) is 0 Å². The van der Waals surface area contributed by atoms with Crippen LogP contribution in [-0.2, 0) is 0 Å². The van der Waals surface area contributed by atoms with Gasteiger partial charge in [0.15, 0.2) is 0 Å². The number of fused-ring (bicyclic) bond motifs is 6. The van der Waals surface area contributed by atoms with Crippen molar-refractivity contribution in [2.45, 2.75) is 0 Å². The van der Waals surface area contributed by atoms with E-state index in [0.29, 0.717) is 0 Å². The molecule has 302 valence electrons. The zero-order chi connectivity index (χ0) is 42.4. The number of aromatic amines is 1. The quantitative estimate of drug-likeness (QED) is 0.182. The minimum atomic E-state index is 0.811.